The molecule has 4 amide bonds. The SMILES string of the molecule is CC(=O)N[C@H](Cc1ccccc1F)C(=O)NC1CCN(C(=O)NCc2ccccc2)CC1. The van der Waals surface area contributed by atoms with Gasteiger partial charge in [0.2, 0.25) is 11.8 Å². The molecular formula is C24H29FN4O3. The molecular weight excluding hydrogens is 411 g/mol. The van der Waals surface area contributed by atoms with Crippen LogP contribution in [0.25, 0.3) is 0 Å². The van der Waals surface area contributed by atoms with Gasteiger partial charge in [0.05, 0.1) is 0 Å². The molecule has 2 aromatic carbocycles. The van der Waals surface area contributed by atoms with Crippen LogP contribution >= 0.6 is 0 Å². The van der Waals surface area contributed by atoms with Gasteiger partial charge < -0.3 is 20.9 Å². The lowest BCUT2D eigenvalue weighted by atomic mass is 10.0. The average molecular weight is 441 g/mol. The minimum Gasteiger partial charge on any atom is -0.351 e. The van der Waals surface area contributed by atoms with Gasteiger partial charge in [-0.25, -0.2) is 9.18 Å². The van der Waals surface area contributed by atoms with Crippen LogP contribution in [0.2, 0.25) is 0 Å². The first kappa shape index (κ1) is 23.2. The second-order valence-electron chi connectivity index (χ2n) is 7.96. The van der Waals surface area contributed by atoms with Crippen molar-refractivity contribution in [1.82, 2.24) is 20.9 Å². The van der Waals surface area contributed by atoms with Gasteiger partial charge in [0, 0.05) is 39.0 Å². The van der Waals surface area contributed by atoms with Gasteiger partial charge in [-0.15, -0.1) is 0 Å². The highest BCUT2D eigenvalue weighted by Crippen LogP contribution is 2.13. The lowest BCUT2D eigenvalue weighted by Gasteiger charge is -2.33. The van der Waals surface area contributed by atoms with E-state index in [1.54, 1.807) is 23.1 Å². The Hall–Kier alpha value is -3.42. The summed E-state index contributed by atoms with van der Waals surface area (Å²) >= 11 is 0. The lowest BCUT2D eigenvalue weighted by Crippen LogP contribution is -2.54. The summed E-state index contributed by atoms with van der Waals surface area (Å²) in [5.74, 6) is -1.12. The number of amides is 4. The first-order valence-electron chi connectivity index (χ1n) is 10.8. The lowest BCUT2D eigenvalue weighted by molar-refractivity contribution is -0.128. The fourth-order valence-electron chi connectivity index (χ4n) is 3.75. The van der Waals surface area contributed by atoms with E-state index in [9.17, 15) is 18.8 Å². The zero-order valence-electron chi connectivity index (χ0n) is 18.1. The molecule has 0 aromatic heterocycles. The van der Waals surface area contributed by atoms with Crippen LogP contribution in [0.1, 0.15) is 30.9 Å². The van der Waals surface area contributed by atoms with Crippen LogP contribution in [-0.2, 0) is 22.6 Å². The van der Waals surface area contributed by atoms with Crippen LogP contribution in [0, 0.1) is 5.82 Å². The highest BCUT2D eigenvalue weighted by molar-refractivity contribution is 5.87. The number of nitrogens with one attached hydrogen (secondary N) is 3. The molecule has 3 rings (SSSR count). The zero-order valence-corrected chi connectivity index (χ0v) is 18.1. The molecule has 1 heterocycles. The number of halogens is 1. The monoisotopic (exact) mass is 440 g/mol. The van der Waals surface area contributed by atoms with E-state index in [1.807, 2.05) is 30.3 Å². The summed E-state index contributed by atoms with van der Waals surface area (Å²) in [6.45, 7) is 2.83. The smallest absolute Gasteiger partial charge is 0.317 e. The molecule has 0 saturated carbocycles. The molecule has 1 fully saturated rings. The van der Waals surface area contributed by atoms with Crippen molar-refractivity contribution in [3.05, 3.63) is 71.5 Å². The molecule has 0 bridgehead atoms. The number of urea groups is 1. The summed E-state index contributed by atoms with van der Waals surface area (Å²) in [6.07, 6.45) is 1.28. The van der Waals surface area contributed by atoms with Gasteiger partial charge >= 0.3 is 6.03 Å². The summed E-state index contributed by atoms with van der Waals surface area (Å²) < 4.78 is 14.0. The van der Waals surface area contributed by atoms with Crippen LogP contribution < -0.4 is 16.0 Å². The quantitative estimate of drug-likeness (QED) is 0.617. The van der Waals surface area contributed by atoms with Gasteiger partial charge in [-0.2, -0.15) is 0 Å². The van der Waals surface area contributed by atoms with Gasteiger partial charge in [0.25, 0.3) is 0 Å². The molecule has 8 heteroatoms. The number of hydrogen-bond donors (Lipinski definition) is 3. The van der Waals surface area contributed by atoms with E-state index in [0.717, 1.165) is 5.56 Å². The van der Waals surface area contributed by atoms with Crippen LogP contribution in [0.5, 0.6) is 0 Å². The van der Waals surface area contributed by atoms with E-state index in [0.29, 0.717) is 38.0 Å². The normalized spacial score (nSPS) is 15.0. The number of carbonyl (C=O) groups excluding carboxylic acids is 3. The van der Waals surface area contributed by atoms with Gasteiger partial charge in [-0.05, 0) is 30.0 Å². The third kappa shape index (κ3) is 6.80. The van der Waals surface area contributed by atoms with Crippen molar-refractivity contribution < 1.29 is 18.8 Å². The number of benzene rings is 2. The molecule has 7 nitrogen and oxygen atoms in total. The van der Waals surface area contributed by atoms with Gasteiger partial charge in [-0.1, -0.05) is 48.5 Å². The predicted molar refractivity (Wildman–Crippen MR) is 119 cm³/mol. The number of piperidine rings is 1. The third-order valence-corrected chi connectivity index (χ3v) is 5.49. The number of likely N-dealkylation sites (tertiary alicyclic amines) is 1. The summed E-state index contributed by atoms with van der Waals surface area (Å²) in [7, 11) is 0. The van der Waals surface area contributed by atoms with E-state index in [-0.39, 0.29) is 30.3 Å². The second-order valence-corrected chi connectivity index (χ2v) is 7.96. The number of nitrogens with zero attached hydrogens (tertiary/aromatic N) is 1. The summed E-state index contributed by atoms with van der Waals surface area (Å²) in [5.41, 5.74) is 1.40. The molecule has 32 heavy (non-hydrogen) atoms. The minimum absolute atomic E-state index is 0.0683. The van der Waals surface area contributed by atoms with Crippen molar-refractivity contribution in [2.75, 3.05) is 13.1 Å². The van der Waals surface area contributed by atoms with E-state index >= 15 is 0 Å². The van der Waals surface area contributed by atoms with Crippen molar-refractivity contribution in [2.45, 2.75) is 44.8 Å². The van der Waals surface area contributed by atoms with Gasteiger partial charge in [-0.3, -0.25) is 9.59 Å². The van der Waals surface area contributed by atoms with E-state index in [4.69, 9.17) is 0 Å². The summed E-state index contributed by atoms with van der Waals surface area (Å²) in [6, 6.07) is 14.8. The van der Waals surface area contributed by atoms with E-state index in [2.05, 4.69) is 16.0 Å². The maximum atomic E-state index is 14.0. The highest BCUT2D eigenvalue weighted by atomic mass is 19.1. The molecule has 1 saturated heterocycles. The second kappa shape index (κ2) is 11.3. The Labute approximate surface area is 187 Å². The van der Waals surface area contributed by atoms with Crippen molar-refractivity contribution in [3.63, 3.8) is 0 Å². The average Bonchev–Trinajstić information content (AvgIpc) is 2.79. The molecule has 0 spiro atoms. The summed E-state index contributed by atoms with van der Waals surface area (Å²) in [4.78, 5) is 38.5. The number of hydrogen-bond acceptors (Lipinski definition) is 3. The van der Waals surface area contributed by atoms with Crippen molar-refractivity contribution in [3.8, 4) is 0 Å². The van der Waals surface area contributed by atoms with Crippen LogP contribution in [0.3, 0.4) is 0 Å². The molecule has 2 aromatic rings. The van der Waals surface area contributed by atoms with Crippen LogP contribution in [0.4, 0.5) is 9.18 Å². The molecule has 170 valence electrons. The topological polar surface area (TPSA) is 90.5 Å². The zero-order chi connectivity index (χ0) is 22.9. The Morgan fingerprint density at radius 2 is 1.69 bits per heavy atom. The molecule has 0 radical (unpaired) electrons. The minimum atomic E-state index is -0.864. The molecule has 1 aliphatic rings. The Bertz CT molecular complexity index is 930. The van der Waals surface area contributed by atoms with Crippen molar-refractivity contribution in [1.29, 1.82) is 0 Å². The van der Waals surface area contributed by atoms with Crippen LogP contribution in [0.15, 0.2) is 54.6 Å². The first-order valence-corrected chi connectivity index (χ1v) is 10.8. The third-order valence-electron chi connectivity index (χ3n) is 5.49. The van der Waals surface area contributed by atoms with Crippen molar-refractivity contribution >= 4 is 17.8 Å². The van der Waals surface area contributed by atoms with E-state index < -0.39 is 11.9 Å². The van der Waals surface area contributed by atoms with E-state index in [1.165, 1.54) is 13.0 Å². The molecule has 0 unspecified atom stereocenters. The molecule has 0 aliphatic carbocycles. The fourth-order valence-corrected chi connectivity index (χ4v) is 3.75. The Morgan fingerprint density at radius 1 is 1.03 bits per heavy atom. The Balaban J connectivity index is 1.48. The van der Waals surface area contributed by atoms with Crippen molar-refractivity contribution in [2.24, 2.45) is 0 Å². The standard InChI is InChI=1S/C24H29FN4O3/c1-17(30)27-22(15-19-9-5-6-10-21(19)25)23(31)28-20-11-13-29(14-12-20)24(32)26-16-18-7-3-2-4-8-18/h2-10,20,22H,11-16H2,1H3,(H,26,32)(H,27,30)(H,28,31)/t22-/m1/s1. The molecule has 1 aliphatic heterocycles. The Morgan fingerprint density at radius 3 is 2.34 bits per heavy atom. The number of carbonyl (C=O) groups is 3. The van der Waals surface area contributed by atoms with Crippen LogP contribution in [-0.4, -0.2) is 47.9 Å². The molecule has 1 atom stereocenters. The maximum Gasteiger partial charge on any atom is 0.317 e. The largest absolute Gasteiger partial charge is 0.351 e. The van der Waals surface area contributed by atoms with Gasteiger partial charge in [0.15, 0.2) is 0 Å². The fraction of sp³-hybridized carbons (Fsp3) is 0.375. The highest BCUT2D eigenvalue weighted by Gasteiger charge is 2.27. The van der Waals surface area contributed by atoms with Gasteiger partial charge in [0.1, 0.15) is 11.9 Å². The first-order chi connectivity index (χ1) is 15.4. The Kier molecular flexibility index (Phi) is 8.19. The maximum absolute atomic E-state index is 14.0. The number of rotatable bonds is 7. The predicted octanol–water partition coefficient (Wildman–Crippen LogP) is 2.36. The summed E-state index contributed by atoms with van der Waals surface area (Å²) in [5, 5.41) is 8.47. The molecule has 3 N–H and O–H groups in total.